The van der Waals surface area contributed by atoms with E-state index in [1.54, 1.807) is 0 Å². The molecule has 0 spiro atoms. The van der Waals surface area contributed by atoms with Crippen molar-refractivity contribution in [3.05, 3.63) is 22.4 Å². The summed E-state index contributed by atoms with van der Waals surface area (Å²) in [5, 5.41) is 20.9. The number of hydrogen-bond donors (Lipinski definition) is 1. The SMILES string of the molecule is N#CC(OCCO)c1ccsc1. The summed E-state index contributed by atoms with van der Waals surface area (Å²) in [6.45, 7) is 0.149. The van der Waals surface area contributed by atoms with Crippen LogP contribution in [0.15, 0.2) is 16.8 Å². The van der Waals surface area contributed by atoms with Gasteiger partial charge < -0.3 is 9.84 Å². The van der Waals surface area contributed by atoms with Crippen molar-refractivity contribution in [3.63, 3.8) is 0 Å². The van der Waals surface area contributed by atoms with Gasteiger partial charge in [-0.3, -0.25) is 0 Å². The van der Waals surface area contributed by atoms with Crippen LogP contribution in [0.1, 0.15) is 11.7 Å². The summed E-state index contributed by atoms with van der Waals surface area (Å²) in [4.78, 5) is 0. The van der Waals surface area contributed by atoms with Gasteiger partial charge in [0.1, 0.15) is 0 Å². The summed E-state index contributed by atoms with van der Waals surface area (Å²) in [6.07, 6.45) is -0.539. The Morgan fingerprint density at radius 2 is 2.58 bits per heavy atom. The van der Waals surface area contributed by atoms with Crippen LogP contribution in [0.3, 0.4) is 0 Å². The van der Waals surface area contributed by atoms with E-state index in [0.29, 0.717) is 0 Å². The van der Waals surface area contributed by atoms with Crippen LogP contribution in [0.5, 0.6) is 0 Å². The largest absolute Gasteiger partial charge is 0.394 e. The standard InChI is InChI=1S/C8H9NO2S/c9-5-8(11-3-2-10)7-1-4-12-6-7/h1,4,6,8,10H,2-3H2. The number of nitrogens with zero attached hydrogens (tertiary/aromatic N) is 1. The van der Waals surface area contributed by atoms with Crippen molar-refractivity contribution in [2.45, 2.75) is 6.10 Å². The number of ether oxygens (including phenoxy) is 1. The molecule has 0 saturated carbocycles. The normalized spacial score (nSPS) is 12.3. The molecule has 1 N–H and O–H groups in total. The highest BCUT2D eigenvalue weighted by atomic mass is 32.1. The molecule has 4 heteroatoms. The molecule has 0 saturated heterocycles. The van der Waals surface area contributed by atoms with Crippen LogP contribution in [-0.2, 0) is 4.74 Å². The van der Waals surface area contributed by atoms with E-state index in [4.69, 9.17) is 15.1 Å². The molecular formula is C8H9NO2S. The Balaban J connectivity index is 2.53. The molecule has 1 unspecified atom stereocenters. The Labute approximate surface area is 74.8 Å². The molecule has 0 aliphatic carbocycles. The molecular weight excluding hydrogens is 174 g/mol. The molecule has 1 aromatic rings. The van der Waals surface area contributed by atoms with E-state index in [2.05, 4.69) is 0 Å². The first kappa shape index (κ1) is 9.20. The zero-order chi connectivity index (χ0) is 8.81. The van der Waals surface area contributed by atoms with E-state index in [-0.39, 0.29) is 13.2 Å². The number of aliphatic hydroxyl groups is 1. The highest BCUT2D eigenvalue weighted by Crippen LogP contribution is 2.18. The molecule has 0 fully saturated rings. The van der Waals surface area contributed by atoms with E-state index < -0.39 is 6.10 Å². The fourth-order valence-electron chi connectivity index (χ4n) is 0.803. The fraction of sp³-hybridized carbons (Fsp3) is 0.375. The van der Waals surface area contributed by atoms with Gasteiger partial charge >= 0.3 is 0 Å². The van der Waals surface area contributed by atoms with Gasteiger partial charge in [0.2, 0.25) is 0 Å². The van der Waals surface area contributed by atoms with Crippen molar-refractivity contribution in [1.29, 1.82) is 5.26 Å². The Morgan fingerprint density at radius 1 is 1.75 bits per heavy atom. The monoisotopic (exact) mass is 183 g/mol. The van der Waals surface area contributed by atoms with Crippen LogP contribution >= 0.6 is 11.3 Å². The van der Waals surface area contributed by atoms with Gasteiger partial charge in [0.25, 0.3) is 0 Å². The van der Waals surface area contributed by atoms with E-state index in [9.17, 15) is 0 Å². The molecule has 0 bridgehead atoms. The second kappa shape index (κ2) is 4.88. The first-order valence-corrected chi connectivity index (χ1v) is 4.47. The van der Waals surface area contributed by atoms with Gasteiger partial charge in [0.15, 0.2) is 6.10 Å². The lowest BCUT2D eigenvalue weighted by Gasteiger charge is -2.06. The third-order valence-electron chi connectivity index (χ3n) is 1.34. The Hall–Kier alpha value is -0.890. The maximum Gasteiger partial charge on any atom is 0.169 e. The Morgan fingerprint density at radius 3 is 3.08 bits per heavy atom. The Kier molecular flexibility index (Phi) is 3.74. The first-order chi connectivity index (χ1) is 5.88. The van der Waals surface area contributed by atoms with Gasteiger partial charge in [-0.2, -0.15) is 16.6 Å². The molecule has 0 aliphatic rings. The van der Waals surface area contributed by atoms with Gasteiger partial charge in [-0.25, -0.2) is 0 Å². The van der Waals surface area contributed by atoms with Gasteiger partial charge in [-0.05, 0) is 16.8 Å². The van der Waals surface area contributed by atoms with E-state index >= 15 is 0 Å². The molecule has 1 rings (SSSR count). The summed E-state index contributed by atoms with van der Waals surface area (Å²) in [5.74, 6) is 0. The molecule has 0 aliphatic heterocycles. The number of nitriles is 1. The van der Waals surface area contributed by atoms with Crippen LogP contribution in [0.25, 0.3) is 0 Å². The van der Waals surface area contributed by atoms with E-state index in [0.717, 1.165) is 5.56 Å². The van der Waals surface area contributed by atoms with Crippen molar-refractivity contribution in [3.8, 4) is 6.07 Å². The number of aliphatic hydroxyl groups excluding tert-OH is 1. The van der Waals surface area contributed by atoms with Crippen LogP contribution in [0, 0.1) is 11.3 Å². The third-order valence-corrected chi connectivity index (χ3v) is 2.04. The van der Waals surface area contributed by atoms with Crippen molar-refractivity contribution in [2.24, 2.45) is 0 Å². The first-order valence-electron chi connectivity index (χ1n) is 3.52. The quantitative estimate of drug-likeness (QED) is 0.766. The molecule has 64 valence electrons. The van der Waals surface area contributed by atoms with Gasteiger partial charge in [-0.1, -0.05) is 0 Å². The van der Waals surface area contributed by atoms with Crippen molar-refractivity contribution in [2.75, 3.05) is 13.2 Å². The lowest BCUT2D eigenvalue weighted by molar-refractivity contribution is 0.0583. The number of thiophene rings is 1. The molecule has 1 aromatic heterocycles. The lowest BCUT2D eigenvalue weighted by Crippen LogP contribution is -2.04. The summed E-state index contributed by atoms with van der Waals surface area (Å²) >= 11 is 1.52. The zero-order valence-corrected chi connectivity index (χ0v) is 7.25. The predicted molar refractivity (Wildman–Crippen MR) is 45.7 cm³/mol. The zero-order valence-electron chi connectivity index (χ0n) is 6.43. The van der Waals surface area contributed by atoms with Crippen molar-refractivity contribution < 1.29 is 9.84 Å². The summed E-state index contributed by atoms with van der Waals surface area (Å²) in [7, 11) is 0. The van der Waals surface area contributed by atoms with Crippen molar-refractivity contribution in [1.82, 2.24) is 0 Å². The average molecular weight is 183 g/mol. The number of hydrogen-bond acceptors (Lipinski definition) is 4. The Bertz CT molecular complexity index is 253. The second-order valence-corrected chi connectivity index (χ2v) is 2.94. The smallest absolute Gasteiger partial charge is 0.169 e. The van der Waals surface area contributed by atoms with Crippen LogP contribution in [-0.4, -0.2) is 18.3 Å². The number of rotatable bonds is 4. The minimum Gasteiger partial charge on any atom is -0.394 e. The van der Waals surface area contributed by atoms with Crippen LogP contribution in [0.2, 0.25) is 0 Å². The van der Waals surface area contributed by atoms with Gasteiger partial charge in [-0.15, -0.1) is 0 Å². The fourth-order valence-corrected chi connectivity index (χ4v) is 1.48. The summed E-state index contributed by atoms with van der Waals surface area (Å²) in [5.41, 5.74) is 0.857. The maximum atomic E-state index is 8.67. The summed E-state index contributed by atoms with van der Waals surface area (Å²) < 4.78 is 5.08. The van der Waals surface area contributed by atoms with Crippen LogP contribution < -0.4 is 0 Å². The van der Waals surface area contributed by atoms with Gasteiger partial charge in [0, 0.05) is 5.56 Å². The minimum absolute atomic E-state index is 0.0533. The molecule has 0 amide bonds. The molecule has 12 heavy (non-hydrogen) atoms. The highest BCUT2D eigenvalue weighted by Gasteiger charge is 2.09. The molecule has 1 heterocycles. The molecule has 3 nitrogen and oxygen atoms in total. The van der Waals surface area contributed by atoms with E-state index in [1.807, 2.05) is 22.9 Å². The topological polar surface area (TPSA) is 53.2 Å². The second-order valence-electron chi connectivity index (χ2n) is 2.16. The predicted octanol–water partition coefficient (Wildman–Crippen LogP) is 1.32. The van der Waals surface area contributed by atoms with Gasteiger partial charge in [0.05, 0.1) is 19.3 Å². The molecule has 0 aromatic carbocycles. The summed E-state index contributed by atoms with van der Waals surface area (Å²) in [6, 6.07) is 3.86. The average Bonchev–Trinajstić information content (AvgIpc) is 2.59. The maximum absolute atomic E-state index is 8.67. The van der Waals surface area contributed by atoms with Crippen LogP contribution in [0.4, 0.5) is 0 Å². The minimum atomic E-state index is -0.539. The highest BCUT2D eigenvalue weighted by molar-refractivity contribution is 7.07. The lowest BCUT2D eigenvalue weighted by atomic mass is 10.2. The van der Waals surface area contributed by atoms with Crippen molar-refractivity contribution >= 4 is 11.3 Å². The molecule has 0 radical (unpaired) electrons. The van der Waals surface area contributed by atoms with E-state index in [1.165, 1.54) is 11.3 Å². The third kappa shape index (κ3) is 2.31. The molecule has 1 atom stereocenters.